The summed E-state index contributed by atoms with van der Waals surface area (Å²) in [4.78, 5) is 14.8. The summed E-state index contributed by atoms with van der Waals surface area (Å²) >= 11 is 0. The van der Waals surface area contributed by atoms with Crippen molar-refractivity contribution in [3.8, 4) is 17.6 Å². The van der Waals surface area contributed by atoms with E-state index in [2.05, 4.69) is 11.8 Å². The molecule has 0 bridgehead atoms. The van der Waals surface area contributed by atoms with Crippen molar-refractivity contribution in [2.75, 3.05) is 0 Å². The fraction of sp³-hybridized carbons (Fsp3) is 0.318. The van der Waals surface area contributed by atoms with Crippen molar-refractivity contribution >= 4 is 5.91 Å². The van der Waals surface area contributed by atoms with Crippen LogP contribution >= 0.6 is 0 Å². The molecule has 0 aromatic heterocycles. The zero-order valence-corrected chi connectivity index (χ0v) is 15.1. The van der Waals surface area contributed by atoms with Gasteiger partial charge in [0, 0.05) is 23.7 Å². The molecule has 3 rings (SSSR count). The van der Waals surface area contributed by atoms with Crippen LogP contribution in [0.5, 0.6) is 5.75 Å². The molecule has 4 nitrogen and oxygen atoms in total. The lowest BCUT2D eigenvalue weighted by molar-refractivity contribution is 0.0730. The first kappa shape index (κ1) is 18.0. The minimum absolute atomic E-state index is 0.00238. The lowest BCUT2D eigenvalue weighted by Gasteiger charge is -2.23. The third-order valence-electron chi connectivity index (χ3n) is 4.18. The summed E-state index contributed by atoms with van der Waals surface area (Å²) in [5.74, 6) is 5.90. The fourth-order valence-electron chi connectivity index (χ4n) is 2.64. The number of amides is 1. The standard InChI is InChI=1S/C22H23NO3/c1-22(2,26)14-13-16-3-7-18(8-4-16)21(25)23(19-9-10-19)15-17-5-11-20(24)12-6-17/h3-8,11-12,19,24,26H,9-10,15H2,1-2H3. The normalized spacial score (nSPS) is 13.7. The van der Waals surface area contributed by atoms with E-state index in [0.29, 0.717) is 12.1 Å². The Kier molecular flexibility index (Phi) is 5.01. The second-order valence-electron chi connectivity index (χ2n) is 7.22. The van der Waals surface area contributed by atoms with Crippen LogP contribution in [-0.2, 0) is 6.54 Å². The predicted molar refractivity (Wildman–Crippen MR) is 101 cm³/mol. The largest absolute Gasteiger partial charge is 0.508 e. The monoisotopic (exact) mass is 349 g/mol. The summed E-state index contributed by atoms with van der Waals surface area (Å²) in [7, 11) is 0. The Labute approximate surface area is 154 Å². The fourth-order valence-corrected chi connectivity index (χ4v) is 2.64. The maximum Gasteiger partial charge on any atom is 0.254 e. The molecule has 2 aromatic carbocycles. The Hall–Kier alpha value is -2.77. The number of aromatic hydroxyl groups is 1. The third-order valence-corrected chi connectivity index (χ3v) is 4.18. The lowest BCUT2D eigenvalue weighted by atomic mass is 10.1. The van der Waals surface area contributed by atoms with Crippen LogP contribution in [0.25, 0.3) is 0 Å². The van der Waals surface area contributed by atoms with E-state index in [1.54, 1.807) is 50.2 Å². The first-order chi connectivity index (χ1) is 12.3. The minimum atomic E-state index is -1.04. The average Bonchev–Trinajstić information content (AvgIpc) is 3.44. The first-order valence-corrected chi connectivity index (χ1v) is 8.76. The Morgan fingerprint density at radius 3 is 2.27 bits per heavy atom. The molecule has 1 saturated carbocycles. The van der Waals surface area contributed by atoms with Gasteiger partial charge in [-0.3, -0.25) is 4.79 Å². The molecule has 0 radical (unpaired) electrons. The number of carbonyl (C=O) groups excluding carboxylic acids is 1. The van der Waals surface area contributed by atoms with E-state index in [9.17, 15) is 15.0 Å². The maximum absolute atomic E-state index is 12.9. The van der Waals surface area contributed by atoms with E-state index >= 15 is 0 Å². The van der Waals surface area contributed by atoms with Crippen molar-refractivity contribution in [2.45, 2.75) is 44.9 Å². The van der Waals surface area contributed by atoms with E-state index in [-0.39, 0.29) is 17.7 Å². The van der Waals surface area contributed by atoms with Gasteiger partial charge in [0.2, 0.25) is 0 Å². The SMILES string of the molecule is CC(C)(O)C#Cc1ccc(C(=O)N(Cc2ccc(O)cc2)C2CC2)cc1. The number of hydrogen-bond acceptors (Lipinski definition) is 3. The zero-order valence-electron chi connectivity index (χ0n) is 15.1. The highest BCUT2D eigenvalue weighted by Crippen LogP contribution is 2.30. The number of hydrogen-bond donors (Lipinski definition) is 2. The zero-order chi connectivity index (χ0) is 18.7. The highest BCUT2D eigenvalue weighted by Gasteiger charge is 2.33. The van der Waals surface area contributed by atoms with E-state index in [1.807, 2.05) is 17.0 Å². The molecule has 2 aromatic rings. The van der Waals surface area contributed by atoms with Crippen molar-refractivity contribution in [1.29, 1.82) is 0 Å². The third kappa shape index (κ3) is 4.87. The molecule has 1 aliphatic rings. The highest BCUT2D eigenvalue weighted by atomic mass is 16.3. The number of benzene rings is 2. The smallest absolute Gasteiger partial charge is 0.254 e. The van der Waals surface area contributed by atoms with E-state index in [0.717, 1.165) is 24.0 Å². The van der Waals surface area contributed by atoms with Gasteiger partial charge in [-0.2, -0.15) is 0 Å². The highest BCUT2D eigenvalue weighted by molar-refractivity contribution is 5.94. The Balaban J connectivity index is 1.75. The van der Waals surface area contributed by atoms with Crippen molar-refractivity contribution in [2.24, 2.45) is 0 Å². The topological polar surface area (TPSA) is 60.8 Å². The number of nitrogens with zero attached hydrogens (tertiary/aromatic N) is 1. The molecule has 0 saturated heterocycles. The lowest BCUT2D eigenvalue weighted by Crippen LogP contribution is -2.32. The van der Waals surface area contributed by atoms with Gasteiger partial charge in [-0.1, -0.05) is 24.0 Å². The number of phenols is 1. The predicted octanol–water partition coefficient (Wildman–Crippen LogP) is 3.32. The van der Waals surface area contributed by atoms with Crippen LogP contribution in [0.3, 0.4) is 0 Å². The minimum Gasteiger partial charge on any atom is -0.508 e. The van der Waals surface area contributed by atoms with Crippen LogP contribution < -0.4 is 0 Å². The van der Waals surface area contributed by atoms with Gasteiger partial charge in [-0.25, -0.2) is 0 Å². The molecule has 134 valence electrons. The van der Waals surface area contributed by atoms with Gasteiger partial charge in [-0.05, 0) is 68.7 Å². The van der Waals surface area contributed by atoms with E-state index in [1.165, 1.54) is 0 Å². The van der Waals surface area contributed by atoms with Gasteiger partial charge in [0.05, 0.1) is 0 Å². The molecule has 1 aliphatic carbocycles. The van der Waals surface area contributed by atoms with E-state index < -0.39 is 5.60 Å². The molecular formula is C22H23NO3. The molecule has 4 heteroatoms. The molecular weight excluding hydrogens is 326 g/mol. The van der Waals surface area contributed by atoms with Crippen molar-refractivity contribution in [1.82, 2.24) is 4.90 Å². The number of aliphatic hydroxyl groups is 1. The summed E-state index contributed by atoms with van der Waals surface area (Å²) in [6.45, 7) is 3.80. The van der Waals surface area contributed by atoms with Gasteiger partial charge in [0.15, 0.2) is 0 Å². The molecule has 0 aliphatic heterocycles. The van der Waals surface area contributed by atoms with Crippen LogP contribution in [0.2, 0.25) is 0 Å². The molecule has 0 heterocycles. The second-order valence-corrected chi connectivity index (χ2v) is 7.22. The number of rotatable bonds is 4. The number of phenolic OH excluding ortho intramolecular Hbond substituents is 1. The molecule has 1 amide bonds. The van der Waals surface area contributed by atoms with Gasteiger partial charge < -0.3 is 15.1 Å². The van der Waals surface area contributed by atoms with E-state index in [4.69, 9.17) is 0 Å². The molecule has 2 N–H and O–H groups in total. The maximum atomic E-state index is 12.9. The summed E-state index contributed by atoms with van der Waals surface area (Å²) < 4.78 is 0. The van der Waals surface area contributed by atoms with Gasteiger partial charge in [-0.15, -0.1) is 0 Å². The van der Waals surface area contributed by atoms with Crippen molar-refractivity contribution < 1.29 is 15.0 Å². The first-order valence-electron chi connectivity index (χ1n) is 8.76. The quantitative estimate of drug-likeness (QED) is 0.833. The van der Waals surface area contributed by atoms with Crippen LogP contribution in [0.1, 0.15) is 48.2 Å². The number of carbonyl (C=O) groups is 1. The second kappa shape index (κ2) is 7.23. The summed E-state index contributed by atoms with van der Waals surface area (Å²) in [5.41, 5.74) is 1.35. The molecule has 1 fully saturated rings. The Bertz CT molecular complexity index is 832. The van der Waals surface area contributed by atoms with Crippen LogP contribution in [-0.4, -0.2) is 32.7 Å². The summed E-state index contributed by atoms with van der Waals surface area (Å²) in [5, 5.41) is 19.1. The average molecular weight is 349 g/mol. The van der Waals surface area contributed by atoms with Gasteiger partial charge >= 0.3 is 0 Å². The molecule has 0 spiro atoms. The van der Waals surface area contributed by atoms with Gasteiger partial charge in [0.25, 0.3) is 5.91 Å². The molecule has 0 unspecified atom stereocenters. The molecule has 0 atom stereocenters. The Morgan fingerprint density at radius 1 is 1.12 bits per heavy atom. The molecule has 26 heavy (non-hydrogen) atoms. The van der Waals surface area contributed by atoms with Crippen molar-refractivity contribution in [3.05, 3.63) is 65.2 Å². The van der Waals surface area contributed by atoms with Crippen LogP contribution in [0.15, 0.2) is 48.5 Å². The Morgan fingerprint density at radius 2 is 1.73 bits per heavy atom. The van der Waals surface area contributed by atoms with Gasteiger partial charge in [0.1, 0.15) is 11.4 Å². The van der Waals surface area contributed by atoms with Crippen molar-refractivity contribution in [3.63, 3.8) is 0 Å². The summed E-state index contributed by atoms with van der Waals surface area (Å²) in [6, 6.07) is 14.4. The van der Waals surface area contributed by atoms with Crippen LogP contribution in [0.4, 0.5) is 0 Å². The summed E-state index contributed by atoms with van der Waals surface area (Å²) in [6.07, 6.45) is 2.05. The van der Waals surface area contributed by atoms with Crippen LogP contribution in [0, 0.1) is 11.8 Å².